The molecule has 0 heterocycles. The molecule has 92 valence electrons. The van der Waals surface area contributed by atoms with Gasteiger partial charge in [-0.15, -0.1) is 0 Å². The summed E-state index contributed by atoms with van der Waals surface area (Å²) in [6, 6.07) is 0. The lowest BCUT2D eigenvalue weighted by atomic mass is 10.2. The number of hydrogen-bond donors (Lipinski definition) is 5. The normalized spacial score (nSPS) is 19.6. The van der Waals surface area contributed by atoms with E-state index < -0.39 is 11.6 Å². The Kier molecular flexibility index (Phi) is 7.10. The fourth-order valence-corrected chi connectivity index (χ4v) is 1.47. The predicted octanol–water partition coefficient (Wildman–Crippen LogP) is 0.206. The van der Waals surface area contributed by atoms with E-state index in [1.165, 1.54) is 7.05 Å². The minimum Gasteiger partial charge on any atom is -0.315 e. The molecular weight excluding hydrogens is 240 g/mol. The van der Waals surface area contributed by atoms with Crippen LogP contribution >= 0.6 is 25.3 Å². The van der Waals surface area contributed by atoms with Gasteiger partial charge in [0.05, 0.1) is 0 Å². The topological polar surface area (TPSA) is 36.1 Å². The minimum absolute atomic E-state index is 0.0276. The quantitative estimate of drug-likeness (QED) is 0.319. The highest BCUT2D eigenvalue weighted by Crippen LogP contribution is 2.12. The molecule has 0 spiro atoms. The summed E-state index contributed by atoms with van der Waals surface area (Å²) in [7, 11) is 3.09. The molecule has 3 N–H and O–H groups in total. The molecule has 0 bridgehead atoms. The van der Waals surface area contributed by atoms with Gasteiger partial charge in [0.2, 0.25) is 0 Å². The van der Waals surface area contributed by atoms with Gasteiger partial charge in [0.25, 0.3) is 0 Å². The number of halogens is 2. The molecule has 0 saturated heterocycles. The van der Waals surface area contributed by atoms with Gasteiger partial charge < -0.3 is 5.32 Å². The molecule has 0 aliphatic carbocycles. The summed E-state index contributed by atoms with van der Waals surface area (Å²) < 4.78 is 27.5. The SMILES string of the molecule is CNCC(F)(CS)NC[C@@](F)(CS)NC. The Morgan fingerprint density at radius 2 is 1.53 bits per heavy atom. The summed E-state index contributed by atoms with van der Waals surface area (Å²) in [5.74, 6) is -3.48. The van der Waals surface area contributed by atoms with Gasteiger partial charge in [0.15, 0.2) is 11.6 Å². The number of thiol groups is 2. The van der Waals surface area contributed by atoms with E-state index in [1.54, 1.807) is 7.05 Å². The Morgan fingerprint density at radius 3 is 1.87 bits per heavy atom. The summed E-state index contributed by atoms with van der Waals surface area (Å²) in [5, 5.41) is 7.63. The molecular formula is C8H19F2N3S2. The predicted molar refractivity (Wildman–Crippen MR) is 66.4 cm³/mol. The number of hydrogen-bond acceptors (Lipinski definition) is 5. The van der Waals surface area contributed by atoms with Gasteiger partial charge in [0, 0.05) is 24.6 Å². The first-order valence-electron chi connectivity index (χ1n) is 4.63. The fourth-order valence-electron chi connectivity index (χ4n) is 0.976. The minimum atomic E-state index is -1.71. The Balaban J connectivity index is 4.20. The van der Waals surface area contributed by atoms with Crippen LogP contribution in [-0.4, -0.2) is 50.3 Å². The molecule has 0 aromatic rings. The first-order valence-corrected chi connectivity index (χ1v) is 5.90. The van der Waals surface area contributed by atoms with Gasteiger partial charge in [0.1, 0.15) is 0 Å². The smallest absolute Gasteiger partial charge is 0.183 e. The third kappa shape index (κ3) is 5.35. The van der Waals surface area contributed by atoms with Crippen LogP contribution in [0.3, 0.4) is 0 Å². The molecule has 0 aliphatic heterocycles. The van der Waals surface area contributed by atoms with Crippen molar-refractivity contribution in [3.05, 3.63) is 0 Å². The van der Waals surface area contributed by atoms with Crippen molar-refractivity contribution in [1.82, 2.24) is 16.0 Å². The van der Waals surface area contributed by atoms with Gasteiger partial charge in [-0.2, -0.15) is 25.3 Å². The van der Waals surface area contributed by atoms with Crippen molar-refractivity contribution >= 4 is 25.3 Å². The number of rotatable bonds is 8. The van der Waals surface area contributed by atoms with Crippen LogP contribution in [0.4, 0.5) is 8.78 Å². The first kappa shape index (κ1) is 15.4. The van der Waals surface area contributed by atoms with Crippen molar-refractivity contribution in [1.29, 1.82) is 0 Å². The van der Waals surface area contributed by atoms with Crippen LogP contribution in [0.2, 0.25) is 0 Å². The molecule has 3 nitrogen and oxygen atoms in total. The van der Waals surface area contributed by atoms with Crippen molar-refractivity contribution in [3.8, 4) is 0 Å². The lowest BCUT2D eigenvalue weighted by Gasteiger charge is -2.30. The van der Waals surface area contributed by atoms with Crippen molar-refractivity contribution in [3.63, 3.8) is 0 Å². The zero-order chi connectivity index (χ0) is 11.9. The maximum Gasteiger partial charge on any atom is 0.183 e. The molecule has 7 heteroatoms. The maximum absolute atomic E-state index is 13.9. The van der Waals surface area contributed by atoms with Crippen molar-refractivity contribution < 1.29 is 8.78 Å². The standard InChI is InChI=1S/C8H19F2N3S2/c1-11-3-8(10,6-15)13-4-7(9,5-14)12-2/h11-15H,3-6H2,1-2H3/t7-,8?/m0/s1. The Bertz CT molecular complexity index is 181. The van der Waals surface area contributed by atoms with Gasteiger partial charge in [-0.3, -0.25) is 10.6 Å². The van der Waals surface area contributed by atoms with Gasteiger partial charge in [-0.1, -0.05) is 0 Å². The number of alkyl halides is 2. The summed E-state index contributed by atoms with van der Waals surface area (Å²) in [5.41, 5.74) is 0. The third-order valence-electron chi connectivity index (χ3n) is 2.09. The lowest BCUT2D eigenvalue weighted by molar-refractivity contribution is 0.0870. The molecule has 1 unspecified atom stereocenters. The van der Waals surface area contributed by atoms with E-state index in [2.05, 4.69) is 41.2 Å². The zero-order valence-corrected chi connectivity index (χ0v) is 10.8. The summed E-state index contributed by atoms with van der Waals surface area (Å²) >= 11 is 7.74. The second-order valence-corrected chi connectivity index (χ2v) is 4.01. The van der Waals surface area contributed by atoms with Gasteiger partial charge in [-0.25, -0.2) is 8.78 Å². The van der Waals surface area contributed by atoms with Crippen LogP contribution in [-0.2, 0) is 0 Å². The molecule has 0 saturated carbocycles. The Morgan fingerprint density at radius 1 is 1.00 bits per heavy atom. The molecule has 2 atom stereocenters. The van der Waals surface area contributed by atoms with Gasteiger partial charge >= 0.3 is 0 Å². The summed E-state index contributed by atoms with van der Waals surface area (Å²) in [4.78, 5) is 0. The van der Waals surface area contributed by atoms with E-state index in [0.717, 1.165) is 0 Å². The first-order chi connectivity index (χ1) is 6.95. The largest absolute Gasteiger partial charge is 0.315 e. The zero-order valence-electron chi connectivity index (χ0n) is 8.98. The van der Waals surface area contributed by atoms with E-state index in [0.29, 0.717) is 0 Å². The van der Waals surface area contributed by atoms with Crippen molar-refractivity contribution in [2.75, 3.05) is 38.7 Å². The van der Waals surface area contributed by atoms with E-state index in [1.807, 2.05) is 0 Å². The highest BCUT2D eigenvalue weighted by atomic mass is 32.1. The van der Waals surface area contributed by atoms with E-state index in [4.69, 9.17) is 0 Å². The monoisotopic (exact) mass is 259 g/mol. The average molecular weight is 259 g/mol. The molecule has 0 aromatic carbocycles. The summed E-state index contributed by atoms with van der Waals surface area (Å²) in [6.45, 7) is -0.0887. The summed E-state index contributed by atoms with van der Waals surface area (Å²) in [6.07, 6.45) is 0. The van der Waals surface area contributed by atoms with Gasteiger partial charge in [-0.05, 0) is 14.1 Å². The van der Waals surface area contributed by atoms with Crippen molar-refractivity contribution in [2.24, 2.45) is 0 Å². The van der Waals surface area contributed by atoms with E-state index in [-0.39, 0.29) is 24.6 Å². The second kappa shape index (κ2) is 6.90. The highest BCUT2D eigenvalue weighted by Gasteiger charge is 2.32. The van der Waals surface area contributed by atoms with E-state index >= 15 is 0 Å². The van der Waals surface area contributed by atoms with Crippen LogP contribution in [0, 0.1) is 0 Å². The Hall–Kier alpha value is 0.440. The molecule has 0 aromatic heterocycles. The lowest BCUT2D eigenvalue weighted by Crippen LogP contribution is -2.58. The maximum atomic E-state index is 13.9. The van der Waals surface area contributed by atoms with E-state index in [9.17, 15) is 8.78 Å². The molecule has 0 radical (unpaired) electrons. The van der Waals surface area contributed by atoms with Crippen LogP contribution in [0.15, 0.2) is 0 Å². The molecule has 0 fully saturated rings. The number of likely N-dealkylation sites (N-methyl/N-ethyl adjacent to an activating group) is 2. The van der Waals surface area contributed by atoms with Crippen LogP contribution in [0.1, 0.15) is 0 Å². The number of nitrogens with one attached hydrogen (secondary N) is 3. The second-order valence-electron chi connectivity index (χ2n) is 3.38. The van der Waals surface area contributed by atoms with Crippen LogP contribution in [0.5, 0.6) is 0 Å². The third-order valence-corrected chi connectivity index (χ3v) is 3.09. The van der Waals surface area contributed by atoms with Crippen LogP contribution in [0.25, 0.3) is 0 Å². The fraction of sp³-hybridized carbons (Fsp3) is 1.00. The van der Waals surface area contributed by atoms with Crippen LogP contribution < -0.4 is 16.0 Å². The molecule has 0 rings (SSSR count). The molecule has 0 amide bonds. The van der Waals surface area contributed by atoms with Crippen molar-refractivity contribution in [2.45, 2.75) is 11.6 Å². The molecule has 15 heavy (non-hydrogen) atoms. The Labute approximate surface area is 101 Å². The highest BCUT2D eigenvalue weighted by molar-refractivity contribution is 7.80. The average Bonchev–Trinajstić information content (AvgIpc) is 2.26. The molecule has 0 aliphatic rings.